The number of carbonyl (C=O) groups excluding carboxylic acids is 1. The van der Waals surface area contributed by atoms with Gasteiger partial charge in [0.2, 0.25) is 0 Å². The summed E-state index contributed by atoms with van der Waals surface area (Å²) in [6.45, 7) is 1.91. The first kappa shape index (κ1) is 18.7. The van der Waals surface area contributed by atoms with E-state index >= 15 is 0 Å². The molecule has 0 fully saturated rings. The van der Waals surface area contributed by atoms with Gasteiger partial charge in [-0.2, -0.15) is 14.6 Å². The molecule has 0 radical (unpaired) electrons. The number of allylic oxidation sites excluding steroid dienone is 1. The number of aromatic nitrogens is 4. The van der Waals surface area contributed by atoms with Crippen LogP contribution in [-0.2, 0) is 0 Å². The second kappa shape index (κ2) is 7.84. The van der Waals surface area contributed by atoms with Crippen LogP contribution in [0.2, 0.25) is 0 Å². The predicted octanol–water partition coefficient (Wildman–Crippen LogP) is 5.23. The summed E-state index contributed by atoms with van der Waals surface area (Å²) < 4.78 is 1.64. The summed E-state index contributed by atoms with van der Waals surface area (Å²) in [7, 11) is 0. The van der Waals surface area contributed by atoms with Gasteiger partial charge in [-0.05, 0) is 59.7 Å². The quantitative estimate of drug-likeness (QED) is 0.320. The van der Waals surface area contributed by atoms with Gasteiger partial charge in [0.1, 0.15) is 12.1 Å². The summed E-state index contributed by atoms with van der Waals surface area (Å²) in [4.78, 5) is 21.1. The minimum atomic E-state index is -0.0434. The number of benzene rings is 3. The molecule has 0 aliphatic carbocycles. The molecule has 2 aromatic heterocycles. The van der Waals surface area contributed by atoms with Crippen molar-refractivity contribution in [2.24, 2.45) is 0 Å². The van der Waals surface area contributed by atoms with Crippen molar-refractivity contribution < 1.29 is 4.79 Å². The van der Waals surface area contributed by atoms with Crippen molar-refractivity contribution in [3.63, 3.8) is 0 Å². The van der Waals surface area contributed by atoms with Gasteiger partial charge in [0.25, 0.3) is 5.78 Å². The van der Waals surface area contributed by atoms with Gasteiger partial charge in [-0.25, -0.2) is 4.98 Å². The first-order valence-electron chi connectivity index (χ1n) is 9.91. The molecule has 0 aliphatic heterocycles. The lowest BCUT2D eigenvalue weighted by molar-refractivity contribution is 0.104. The number of hydrogen-bond donors (Lipinski definition) is 1. The molecule has 5 aromatic rings. The van der Waals surface area contributed by atoms with Crippen LogP contribution in [0.5, 0.6) is 0 Å². The van der Waals surface area contributed by atoms with Crippen LogP contribution >= 0.6 is 0 Å². The van der Waals surface area contributed by atoms with E-state index in [0.29, 0.717) is 11.3 Å². The van der Waals surface area contributed by atoms with Crippen LogP contribution in [0.3, 0.4) is 0 Å². The molecular formula is C25H19N5O. The van der Waals surface area contributed by atoms with Crippen molar-refractivity contribution in [1.29, 1.82) is 0 Å². The lowest BCUT2D eigenvalue weighted by atomic mass is 10.1. The van der Waals surface area contributed by atoms with Gasteiger partial charge in [0.15, 0.2) is 5.78 Å². The summed E-state index contributed by atoms with van der Waals surface area (Å²) >= 11 is 0. The molecule has 1 N–H and O–H groups in total. The summed E-state index contributed by atoms with van der Waals surface area (Å²) in [6, 6.07) is 23.6. The molecule has 0 unspecified atom stereocenters. The molecule has 6 nitrogen and oxygen atoms in total. The Bertz CT molecular complexity index is 1430. The van der Waals surface area contributed by atoms with Crippen LogP contribution in [0.25, 0.3) is 22.6 Å². The number of carbonyl (C=O) groups is 1. The maximum atomic E-state index is 12.6. The molecule has 0 saturated carbocycles. The fourth-order valence-corrected chi connectivity index (χ4v) is 3.46. The van der Waals surface area contributed by atoms with Crippen molar-refractivity contribution in [2.75, 3.05) is 5.32 Å². The third-order valence-corrected chi connectivity index (χ3v) is 5.02. The third-order valence-electron chi connectivity index (χ3n) is 5.02. The Labute approximate surface area is 178 Å². The Morgan fingerprint density at radius 1 is 0.968 bits per heavy atom. The van der Waals surface area contributed by atoms with Gasteiger partial charge >= 0.3 is 0 Å². The molecule has 0 aliphatic rings. The lowest BCUT2D eigenvalue weighted by Crippen LogP contribution is -2.03. The molecule has 0 amide bonds. The molecule has 2 heterocycles. The highest BCUT2D eigenvalue weighted by Crippen LogP contribution is 2.19. The van der Waals surface area contributed by atoms with Gasteiger partial charge in [-0.15, -0.1) is 0 Å². The molecule has 0 atom stereocenters. The van der Waals surface area contributed by atoms with Crippen molar-refractivity contribution in [3.05, 3.63) is 102 Å². The van der Waals surface area contributed by atoms with Crippen molar-refractivity contribution in [1.82, 2.24) is 19.6 Å². The Kier molecular flexibility index (Phi) is 4.72. The van der Waals surface area contributed by atoms with Gasteiger partial charge in [-0.1, -0.05) is 42.5 Å². The van der Waals surface area contributed by atoms with E-state index in [0.717, 1.165) is 28.1 Å². The highest BCUT2D eigenvalue weighted by molar-refractivity contribution is 6.07. The zero-order chi connectivity index (χ0) is 21.2. The minimum Gasteiger partial charge on any atom is -0.340 e. The van der Waals surface area contributed by atoms with Gasteiger partial charge in [-0.3, -0.25) is 4.79 Å². The monoisotopic (exact) mass is 405 g/mol. The van der Waals surface area contributed by atoms with E-state index in [1.807, 2.05) is 61.5 Å². The number of nitrogens with one attached hydrogen (secondary N) is 1. The fourth-order valence-electron chi connectivity index (χ4n) is 3.46. The Morgan fingerprint density at radius 3 is 2.61 bits per heavy atom. The van der Waals surface area contributed by atoms with E-state index < -0.39 is 0 Å². The number of aryl methyl sites for hydroxylation is 1. The van der Waals surface area contributed by atoms with Crippen LogP contribution in [0, 0.1) is 6.92 Å². The molecule has 31 heavy (non-hydrogen) atoms. The standard InChI is InChI=1S/C25H19N5O/c1-17-14-24(30-25(28-17)26-16-27-30)29-22-11-9-20(10-12-22)23(31)13-7-18-6-8-19-4-2-3-5-21(19)15-18/h2-16,29H,1H3/b13-7+. The Morgan fingerprint density at radius 2 is 1.77 bits per heavy atom. The number of fused-ring (bicyclic) bond motifs is 2. The van der Waals surface area contributed by atoms with E-state index in [-0.39, 0.29) is 5.78 Å². The maximum Gasteiger partial charge on any atom is 0.254 e. The smallest absolute Gasteiger partial charge is 0.254 e. The SMILES string of the molecule is Cc1cc(Nc2ccc(C(=O)/C=C/c3ccc4ccccc4c3)cc2)n2ncnc2n1. The topological polar surface area (TPSA) is 72.2 Å². The molecular weight excluding hydrogens is 386 g/mol. The zero-order valence-electron chi connectivity index (χ0n) is 16.9. The van der Waals surface area contributed by atoms with Crippen LogP contribution < -0.4 is 5.32 Å². The van der Waals surface area contributed by atoms with Gasteiger partial charge < -0.3 is 5.32 Å². The van der Waals surface area contributed by atoms with Crippen LogP contribution in [0.4, 0.5) is 11.5 Å². The third kappa shape index (κ3) is 3.91. The van der Waals surface area contributed by atoms with Crippen LogP contribution in [-0.4, -0.2) is 25.4 Å². The highest BCUT2D eigenvalue weighted by atomic mass is 16.1. The number of rotatable bonds is 5. The Balaban J connectivity index is 1.32. The molecule has 0 spiro atoms. The molecule has 0 saturated heterocycles. The molecule has 0 bridgehead atoms. The molecule has 150 valence electrons. The van der Waals surface area contributed by atoms with E-state index in [2.05, 4.69) is 44.6 Å². The summed E-state index contributed by atoms with van der Waals surface area (Å²) in [5.41, 5.74) is 3.31. The first-order valence-corrected chi connectivity index (χ1v) is 9.91. The second-order valence-electron chi connectivity index (χ2n) is 7.26. The van der Waals surface area contributed by atoms with E-state index in [1.54, 1.807) is 10.6 Å². The highest BCUT2D eigenvalue weighted by Gasteiger charge is 2.07. The lowest BCUT2D eigenvalue weighted by Gasteiger charge is -2.09. The Hall–Kier alpha value is -4.32. The zero-order valence-corrected chi connectivity index (χ0v) is 16.9. The van der Waals surface area contributed by atoms with Crippen molar-refractivity contribution in [2.45, 2.75) is 6.92 Å². The number of hydrogen-bond acceptors (Lipinski definition) is 5. The van der Waals surface area contributed by atoms with Crippen molar-refractivity contribution >= 4 is 39.9 Å². The average molecular weight is 405 g/mol. The largest absolute Gasteiger partial charge is 0.340 e. The minimum absolute atomic E-state index is 0.0434. The molecule has 5 rings (SSSR count). The normalized spacial score (nSPS) is 11.4. The summed E-state index contributed by atoms with van der Waals surface area (Å²) in [5, 5.41) is 9.83. The summed E-state index contributed by atoms with van der Waals surface area (Å²) in [6.07, 6.45) is 4.93. The predicted molar refractivity (Wildman–Crippen MR) is 123 cm³/mol. The first-order chi connectivity index (χ1) is 15.2. The maximum absolute atomic E-state index is 12.6. The van der Waals surface area contributed by atoms with E-state index in [4.69, 9.17) is 0 Å². The van der Waals surface area contributed by atoms with Gasteiger partial charge in [0, 0.05) is 23.0 Å². The average Bonchev–Trinajstić information content (AvgIpc) is 3.26. The van der Waals surface area contributed by atoms with Crippen LogP contribution in [0.15, 0.2) is 85.2 Å². The van der Waals surface area contributed by atoms with Crippen molar-refractivity contribution in [3.8, 4) is 0 Å². The second-order valence-corrected chi connectivity index (χ2v) is 7.26. The number of anilines is 2. The van der Waals surface area contributed by atoms with Crippen LogP contribution in [0.1, 0.15) is 21.6 Å². The number of nitrogens with zero attached hydrogens (tertiary/aromatic N) is 4. The van der Waals surface area contributed by atoms with E-state index in [9.17, 15) is 4.79 Å². The fraction of sp³-hybridized carbons (Fsp3) is 0.0400. The summed E-state index contributed by atoms with van der Waals surface area (Å²) in [5.74, 6) is 1.25. The van der Waals surface area contributed by atoms with Gasteiger partial charge in [0.05, 0.1) is 0 Å². The number of ketones is 1. The molecule has 6 heteroatoms. The molecule has 3 aromatic carbocycles. The van der Waals surface area contributed by atoms with E-state index in [1.165, 1.54) is 11.7 Å².